The maximum Gasteiger partial charge on any atom is 0.308 e. The Morgan fingerprint density at radius 1 is 1.39 bits per heavy atom. The van der Waals surface area contributed by atoms with Crippen LogP contribution < -0.4 is 0 Å². The van der Waals surface area contributed by atoms with Gasteiger partial charge in [-0.2, -0.15) is 0 Å². The van der Waals surface area contributed by atoms with Crippen molar-refractivity contribution in [2.24, 2.45) is 11.8 Å². The third kappa shape index (κ3) is 4.13. The fraction of sp³-hybridized carbons (Fsp3) is 0.783. The van der Waals surface area contributed by atoms with Gasteiger partial charge in [-0.15, -0.1) is 18.3 Å². The van der Waals surface area contributed by atoms with Crippen molar-refractivity contribution in [3.63, 3.8) is 0 Å². The largest absolute Gasteiger partial charge is 0.481 e. The van der Waals surface area contributed by atoms with Gasteiger partial charge in [0.15, 0.2) is 0 Å². The van der Waals surface area contributed by atoms with Crippen molar-refractivity contribution in [1.82, 2.24) is 9.80 Å². The summed E-state index contributed by atoms with van der Waals surface area (Å²) in [4.78, 5) is 43.1. The Morgan fingerprint density at radius 2 is 2.13 bits per heavy atom. The Kier molecular flexibility index (Phi) is 7.73. The van der Waals surface area contributed by atoms with Crippen molar-refractivity contribution in [2.45, 2.75) is 80.9 Å². The van der Waals surface area contributed by atoms with Crippen molar-refractivity contribution in [3.05, 3.63) is 12.7 Å². The van der Waals surface area contributed by atoms with E-state index in [9.17, 15) is 19.5 Å². The molecular formula is C23H36N2O5S. The molecule has 0 radical (unpaired) electrons. The molecule has 0 saturated carbocycles. The zero-order valence-electron chi connectivity index (χ0n) is 18.7. The average molecular weight is 453 g/mol. The third-order valence-electron chi connectivity index (χ3n) is 7.22. The molecule has 2 N–H and O–H groups in total. The molecule has 3 saturated heterocycles. The minimum Gasteiger partial charge on any atom is -0.481 e. The van der Waals surface area contributed by atoms with Gasteiger partial charge in [-0.25, -0.2) is 0 Å². The topological polar surface area (TPSA) is 98.2 Å². The molecule has 0 aromatic heterocycles. The Bertz CT molecular complexity index is 716. The number of thioether (sulfide) groups is 1. The van der Waals surface area contributed by atoms with E-state index in [0.717, 1.165) is 25.7 Å². The third-order valence-corrected chi connectivity index (χ3v) is 9.18. The number of fused-ring (bicyclic) bond motifs is 1. The number of carboxylic acid groups (broad SMARTS) is 1. The molecule has 2 amide bonds. The van der Waals surface area contributed by atoms with E-state index in [1.165, 1.54) is 0 Å². The number of rotatable bonds is 12. The zero-order valence-corrected chi connectivity index (χ0v) is 19.5. The molecule has 0 aliphatic carbocycles. The fourth-order valence-electron chi connectivity index (χ4n) is 5.88. The van der Waals surface area contributed by atoms with Gasteiger partial charge in [-0.3, -0.25) is 14.4 Å². The molecule has 3 heterocycles. The highest BCUT2D eigenvalue weighted by Crippen LogP contribution is 2.66. The predicted molar refractivity (Wildman–Crippen MR) is 121 cm³/mol. The Morgan fingerprint density at radius 3 is 2.74 bits per heavy atom. The van der Waals surface area contributed by atoms with E-state index in [2.05, 4.69) is 13.5 Å². The summed E-state index contributed by atoms with van der Waals surface area (Å²) in [5.74, 6) is -2.52. The van der Waals surface area contributed by atoms with Gasteiger partial charge in [0.1, 0.15) is 6.04 Å². The zero-order chi connectivity index (χ0) is 22.8. The van der Waals surface area contributed by atoms with Crippen LogP contribution in [-0.2, 0) is 14.4 Å². The first kappa shape index (κ1) is 24.1. The van der Waals surface area contributed by atoms with Crippen molar-refractivity contribution in [2.75, 3.05) is 19.7 Å². The predicted octanol–water partition coefficient (Wildman–Crippen LogP) is 2.53. The van der Waals surface area contributed by atoms with Gasteiger partial charge in [0.05, 0.1) is 16.6 Å². The molecule has 3 aliphatic heterocycles. The molecular weight excluding hydrogens is 416 g/mol. The number of carbonyl (C=O) groups excluding carboxylic acids is 2. The van der Waals surface area contributed by atoms with E-state index in [4.69, 9.17) is 5.11 Å². The second-order valence-corrected chi connectivity index (χ2v) is 10.7. The molecule has 8 heteroatoms. The minimum absolute atomic E-state index is 0.0242. The molecule has 0 aromatic carbocycles. The molecule has 1 spiro atoms. The standard InChI is InChI=1S/C23H36N2O5S/c1-4-9-15(3)24(12-5-2)21(28)19-23-11-10-16(31-23)17(22(29)30)18(23)20(27)25(19)13-7-6-8-14-26/h5,15-19,26H,2,4,6-14H2,1,3H3,(H,29,30)/t15?,16-,17+,18-,19?,23?/m0/s1. The van der Waals surface area contributed by atoms with Crippen LogP contribution in [0.2, 0.25) is 0 Å². The SMILES string of the molecule is C=CCN(C(=O)C1N(CCCCCO)C(=O)[C@@H]2[C@H](C(=O)O)[C@@H]3CCC12S3)C(C)CCC. The Balaban J connectivity index is 1.96. The van der Waals surface area contributed by atoms with Gasteiger partial charge in [-0.05, 0) is 45.4 Å². The Hall–Kier alpha value is -1.54. The normalized spacial score (nSPS) is 32.2. The van der Waals surface area contributed by atoms with Crippen LogP contribution >= 0.6 is 11.8 Å². The van der Waals surface area contributed by atoms with Crippen LogP contribution in [0.25, 0.3) is 0 Å². The van der Waals surface area contributed by atoms with Crippen molar-refractivity contribution >= 4 is 29.5 Å². The first-order valence-electron chi connectivity index (χ1n) is 11.6. The second kappa shape index (κ2) is 9.94. The fourth-order valence-corrected chi connectivity index (χ4v) is 8.09. The number of nitrogens with zero attached hydrogens (tertiary/aromatic N) is 2. The van der Waals surface area contributed by atoms with Crippen LogP contribution in [0, 0.1) is 11.8 Å². The molecule has 3 fully saturated rings. The number of hydrogen-bond acceptors (Lipinski definition) is 5. The van der Waals surface area contributed by atoms with Crippen molar-refractivity contribution in [3.8, 4) is 0 Å². The van der Waals surface area contributed by atoms with Crippen molar-refractivity contribution < 1.29 is 24.6 Å². The van der Waals surface area contributed by atoms with E-state index >= 15 is 0 Å². The van der Waals surface area contributed by atoms with Gasteiger partial charge in [0, 0.05) is 31.0 Å². The summed E-state index contributed by atoms with van der Waals surface area (Å²) in [5.41, 5.74) is 0. The molecule has 3 aliphatic rings. The summed E-state index contributed by atoms with van der Waals surface area (Å²) in [6.07, 6.45) is 7.08. The molecule has 2 bridgehead atoms. The summed E-state index contributed by atoms with van der Waals surface area (Å²) in [6.45, 7) is 8.88. The average Bonchev–Trinajstić information content (AvgIpc) is 3.36. The van der Waals surface area contributed by atoms with Crippen LogP contribution in [0.5, 0.6) is 0 Å². The van der Waals surface area contributed by atoms with E-state index in [1.54, 1.807) is 22.7 Å². The van der Waals surface area contributed by atoms with Crippen LogP contribution in [0.3, 0.4) is 0 Å². The van der Waals surface area contributed by atoms with E-state index in [-0.39, 0.29) is 29.7 Å². The molecule has 3 rings (SSSR count). The van der Waals surface area contributed by atoms with E-state index in [1.807, 2.05) is 11.8 Å². The number of likely N-dealkylation sites (tertiary alicyclic amines) is 1. The summed E-state index contributed by atoms with van der Waals surface area (Å²) in [6, 6.07) is -0.603. The lowest BCUT2D eigenvalue weighted by atomic mass is 9.71. The highest BCUT2D eigenvalue weighted by atomic mass is 32.2. The number of carboxylic acids is 1. The lowest BCUT2D eigenvalue weighted by Gasteiger charge is -2.39. The number of aliphatic hydroxyl groups excluding tert-OH is 1. The van der Waals surface area contributed by atoms with Crippen LogP contribution in [-0.4, -0.2) is 79.6 Å². The number of carbonyl (C=O) groups is 3. The number of unbranched alkanes of at least 4 members (excludes halogenated alkanes) is 2. The molecule has 7 nitrogen and oxygen atoms in total. The van der Waals surface area contributed by atoms with Gasteiger partial charge in [0.2, 0.25) is 11.8 Å². The van der Waals surface area contributed by atoms with Gasteiger partial charge in [-0.1, -0.05) is 19.4 Å². The lowest BCUT2D eigenvalue weighted by molar-refractivity contribution is -0.148. The first-order chi connectivity index (χ1) is 14.8. The summed E-state index contributed by atoms with van der Waals surface area (Å²) in [7, 11) is 0. The molecule has 0 aromatic rings. The summed E-state index contributed by atoms with van der Waals surface area (Å²) < 4.78 is -0.649. The quantitative estimate of drug-likeness (QED) is 0.349. The highest BCUT2D eigenvalue weighted by Gasteiger charge is 2.73. The van der Waals surface area contributed by atoms with Crippen LogP contribution in [0.4, 0.5) is 0 Å². The number of aliphatic carboxylic acids is 1. The smallest absolute Gasteiger partial charge is 0.308 e. The number of hydrogen-bond donors (Lipinski definition) is 2. The highest BCUT2D eigenvalue weighted by molar-refractivity contribution is 8.02. The molecule has 3 unspecified atom stereocenters. The van der Waals surface area contributed by atoms with E-state index < -0.39 is 28.6 Å². The maximum absolute atomic E-state index is 14.0. The van der Waals surface area contributed by atoms with Gasteiger partial charge in [0.25, 0.3) is 0 Å². The first-order valence-corrected chi connectivity index (χ1v) is 12.4. The van der Waals surface area contributed by atoms with Crippen LogP contribution in [0.15, 0.2) is 12.7 Å². The summed E-state index contributed by atoms with van der Waals surface area (Å²) >= 11 is 1.58. The molecule has 6 atom stereocenters. The minimum atomic E-state index is -0.923. The number of amides is 2. The Labute approximate surface area is 189 Å². The van der Waals surface area contributed by atoms with Crippen molar-refractivity contribution in [1.29, 1.82) is 0 Å². The maximum atomic E-state index is 14.0. The van der Waals surface area contributed by atoms with E-state index in [0.29, 0.717) is 32.4 Å². The molecule has 31 heavy (non-hydrogen) atoms. The lowest BCUT2D eigenvalue weighted by Crippen LogP contribution is -2.56. The molecule has 174 valence electrons. The monoisotopic (exact) mass is 452 g/mol. The van der Waals surface area contributed by atoms with Gasteiger partial charge >= 0.3 is 5.97 Å². The summed E-state index contributed by atoms with van der Waals surface area (Å²) in [5, 5.41) is 18.9. The van der Waals surface area contributed by atoms with Crippen LogP contribution in [0.1, 0.15) is 58.8 Å². The second-order valence-electron chi connectivity index (χ2n) is 9.13. The van der Waals surface area contributed by atoms with Gasteiger partial charge < -0.3 is 20.0 Å². The number of aliphatic hydroxyl groups is 1.